The molecule has 0 bridgehead atoms. The highest BCUT2D eigenvalue weighted by atomic mass is 16.7. The summed E-state index contributed by atoms with van der Waals surface area (Å²) < 4.78 is 26.7. The zero-order valence-electron chi connectivity index (χ0n) is 25.7. The van der Waals surface area contributed by atoms with Gasteiger partial charge in [-0.1, -0.05) is 53.0 Å². The molecule has 1 fully saturated rings. The van der Waals surface area contributed by atoms with Crippen molar-refractivity contribution < 1.29 is 48.0 Å². The molecular formula is C31H47NO10. The average molecular weight is 594 g/mol. The van der Waals surface area contributed by atoms with Crippen LogP contribution in [0.15, 0.2) is 18.2 Å². The van der Waals surface area contributed by atoms with Gasteiger partial charge in [-0.3, -0.25) is 10.1 Å². The lowest BCUT2D eigenvalue weighted by atomic mass is 9.89. The van der Waals surface area contributed by atoms with E-state index in [2.05, 4.69) is 5.32 Å². The fraction of sp³-hybridized carbons (Fsp3) is 0.677. The number of esters is 1. The molecule has 0 unspecified atom stereocenters. The van der Waals surface area contributed by atoms with E-state index in [4.69, 9.17) is 23.7 Å². The monoisotopic (exact) mass is 593 g/mol. The molecule has 2 rings (SSSR count). The van der Waals surface area contributed by atoms with Gasteiger partial charge in [-0.15, -0.1) is 0 Å². The molecule has 11 heteroatoms. The third kappa shape index (κ3) is 11.9. The van der Waals surface area contributed by atoms with Gasteiger partial charge in [0.1, 0.15) is 0 Å². The Morgan fingerprint density at radius 3 is 1.90 bits per heavy atom. The Kier molecular flexibility index (Phi) is 14.1. The number of benzene rings is 1. The first-order valence-electron chi connectivity index (χ1n) is 14.9. The van der Waals surface area contributed by atoms with E-state index in [0.29, 0.717) is 43.1 Å². The van der Waals surface area contributed by atoms with Gasteiger partial charge in [0.2, 0.25) is 0 Å². The van der Waals surface area contributed by atoms with Crippen molar-refractivity contribution in [1.29, 1.82) is 0 Å². The number of hydrogen-bond acceptors (Lipinski definition) is 10. The van der Waals surface area contributed by atoms with Crippen molar-refractivity contribution in [1.82, 2.24) is 5.32 Å². The Morgan fingerprint density at radius 2 is 1.40 bits per heavy atom. The van der Waals surface area contributed by atoms with Crippen molar-refractivity contribution >= 4 is 24.2 Å². The first kappa shape index (κ1) is 34.9. The molecule has 42 heavy (non-hydrogen) atoms. The second kappa shape index (κ2) is 16.9. The summed E-state index contributed by atoms with van der Waals surface area (Å²) in [5.74, 6) is -1.99. The first-order chi connectivity index (χ1) is 19.8. The quantitative estimate of drug-likeness (QED) is 0.103. The molecule has 0 aromatic heterocycles. The van der Waals surface area contributed by atoms with Gasteiger partial charge >= 0.3 is 24.2 Å². The lowest BCUT2D eigenvalue weighted by Crippen LogP contribution is -2.59. The van der Waals surface area contributed by atoms with Crippen molar-refractivity contribution in [3.05, 3.63) is 23.8 Å². The van der Waals surface area contributed by atoms with E-state index >= 15 is 0 Å². The maximum atomic E-state index is 13.1. The van der Waals surface area contributed by atoms with Crippen LogP contribution in [0.2, 0.25) is 0 Å². The minimum absolute atomic E-state index is 0.119. The molecule has 1 aromatic carbocycles. The molecular weight excluding hydrogens is 546 g/mol. The third-order valence-electron chi connectivity index (χ3n) is 6.76. The highest BCUT2D eigenvalue weighted by Crippen LogP contribution is 2.32. The number of rotatable bonds is 15. The molecule has 0 radical (unpaired) electrons. The van der Waals surface area contributed by atoms with Gasteiger partial charge in [0.15, 0.2) is 11.5 Å². The summed E-state index contributed by atoms with van der Waals surface area (Å²) in [4.78, 5) is 50.5. The number of nitrogens with one attached hydrogen (secondary N) is 1. The van der Waals surface area contributed by atoms with Crippen LogP contribution in [0.1, 0.15) is 92.1 Å². The number of carboxylic acids is 1. The first-order valence-corrected chi connectivity index (χ1v) is 14.9. The van der Waals surface area contributed by atoms with E-state index in [-0.39, 0.29) is 43.1 Å². The molecule has 1 atom stereocenters. The van der Waals surface area contributed by atoms with Crippen molar-refractivity contribution in [2.24, 2.45) is 17.8 Å². The second-order valence-electron chi connectivity index (χ2n) is 11.9. The van der Waals surface area contributed by atoms with Crippen LogP contribution in [-0.4, -0.2) is 54.3 Å². The maximum absolute atomic E-state index is 13.1. The van der Waals surface area contributed by atoms with Crippen LogP contribution in [0.3, 0.4) is 0 Å². The highest BCUT2D eigenvalue weighted by Gasteiger charge is 2.45. The molecule has 0 spiro atoms. The standard InChI is InChI=1S/C31H47NO10/c1-20(2)14-16-38-29(36)40-25-13-12-23(18-26(25)41-30(37)39-17-15-21(3)4)19-31(28(34)35,32-22(5)6)42-27(33)24-10-8-7-9-11-24/h12-13,18,20-22,24,32H,7-11,14-17,19H2,1-6H3,(H,34,35)/t31-/m0/s1. The SMILES string of the molecule is CC(C)CCOC(=O)Oc1ccc(C[C@](NC(C)C)(OC(=O)C2CCCCC2)C(=O)O)cc1OC(=O)OCCC(C)C. The third-order valence-corrected chi connectivity index (χ3v) is 6.76. The summed E-state index contributed by atoms with van der Waals surface area (Å²) in [6.45, 7) is 11.7. The van der Waals surface area contributed by atoms with Crippen LogP contribution in [0, 0.1) is 17.8 Å². The number of ether oxygens (including phenoxy) is 5. The van der Waals surface area contributed by atoms with Crippen LogP contribution in [0.4, 0.5) is 9.59 Å². The highest BCUT2D eigenvalue weighted by molar-refractivity contribution is 5.83. The van der Waals surface area contributed by atoms with E-state index < -0.39 is 30.0 Å². The Morgan fingerprint density at radius 1 is 0.857 bits per heavy atom. The fourth-order valence-corrected chi connectivity index (χ4v) is 4.47. The summed E-state index contributed by atoms with van der Waals surface area (Å²) in [5.41, 5.74) is -1.75. The lowest BCUT2D eigenvalue weighted by Gasteiger charge is -2.34. The number of hydrogen-bond donors (Lipinski definition) is 2. The Bertz CT molecular complexity index is 1050. The van der Waals surface area contributed by atoms with Crippen molar-refractivity contribution in [3.8, 4) is 11.5 Å². The minimum Gasteiger partial charge on any atom is -0.477 e. The van der Waals surface area contributed by atoms with Gasteiger partial charge in [0.25, 0.3) is 5.72 Å². The van der Waals surface area contributed by atoms with Gasteiger partial charge in [-0.2, -0.15) is 0 Å². The van der Waals surface area contributed by atoms with E-state index in [9.17, 15) is 24.3 Å². The lowest BCUT2D eigenvalue weighted by molar-refractivity contribution is -0.188. The predicted molar refractivity (Wildman–Crippen MR) is 154 cm³/mol. The Labute approximate surface area is 248 Å². The minimum atomic E-state index is -2.09. The molecule has 0 saturated heterocycles. The maximum Gasteiger partial charge on any atom is 0.513 e. The van der Waals surface area contributed by atoms with Crippen LogP contribution in [0.5, 0.6) is 11.5 Å². The summed E-state index contributed by atoms with van der Waals surface area (Å²) >= 11 is 0. The molecule has 11 nitrogen and oxygen atoms in total. The van der Waals surface area contributed by atoms with E-state index in [0.717, 1.165) is 19.3 Å². The molecule has 236 valence electrons. The molecule has 0 amide bonds. The van der Waals surface area contributed by atoms with Crippen molar-refractivity contribution in [2.75, 3.05) is 13.2 Å². The Balaban J connectivity index is 2.35. The van der Waals surface area contributed by atoms with Crippen LogP contribution in [-0.2, 0) is 30.2 Å². The van der Waals surface area contributed by atoms with E-state index in [1.807, 2.05) is 27.7 Å². The molecule has 1 aliphatic rings. The molecule has 0 aliphatic heterocycles. The Hall–Kier alpha value is -3.34. The molecule has 2 N–H and O–H groups in total. The predicted octanol–water partition coefficient (Wildman–Crippen LogP) is 6.25. The smallest absolute Gasteiger partial charge is 0.477 e. The number of carbonyl (C=O) groups is 4. The van der Waals surface area contributed by atoms with Crippen LogP contribution < -0.4 is 14.8 Å². The van der Waals surface area contributed by atoms with Crippen molar-refractivity contribution in [2.45, 2.75) is 105 Å². The summed E-state index contributed by atoms with van der Waals surface area (Å²) in [6, 6.07) is 3.87. The molecule has 1 aromatic rings. The summed E-state index contributed by atoms with van der Waals surface area (Å²) in [5, 5.41) is 13.2. The van der Waals surface area contributed by atoms with E-state index in [1.165, 1.54) is 18.2 Å². The van der Waals surface area contributed by atoms with Gasteiger partial charge in [0, 0.05) is 12.5 Å². The summed E-state index contributed by atoms with van der Waals surface area (Å²) in [6.07, 6.45) is 3.05. The molecule has 1 aliphatic carbocycles. The zero-order valence-corrected chi connectivity index (χ0v) is 25.7. The largest absolute Gasteiger partial charge is 0.513 e. The second-order valence-corrected chi connectivity index (χ2v) is 11.9. The van der Waals surface area contributed by atoms with E-state index in [1.54, 1.807) is 13.8 Å². The van der Waals surface area contributed by atoms with Crippen molar-refractivity contribution in [3.63, 3.8) is 0 Å². The molecule has 0 heterocycles. The number of aliphatic carboxylic acids is 1. The number of carboxylic acid groups (broad SMARTS) is 1. The van der Waals surface area contributed by atoms with Gasteiger partial charge < -0.3 is 28.8 Å². The van der Waals surface area contributed by atoms with Gasteiger partial charge in [0.05, 0.1) is 19.1 Å². The fourth-order valence-electron chi connectivity index (χ4n) is 4.47. The van der Waals surface area contributed by atoms with Crippen LogP contribution in [0.25, 0.3) is 0 Å². The topological polar surface area (TPSA) is 147 Å². The van der Waals surface area contributed by atoms with Gasteiger partial charge in [-0.05, 0) is 69.1 Å². The van der Waals surface area contributed by atoms with Crippen LogP contribution >= 0.6 is 0 Å². The zero-order chi connectivity index (χ0) is 31.3. The number of carbonyl (C=O) groups excluding carboxylic acids is 3. The summed E-state index contributed by atoms with van der Waals surface area (Å²) in [7, 11) is 0. The average Bonchev–Trinajstić information content (AvgIpc) is 2.89. The molecule has 1 saturated carbocycles. The normalized spacial score (nSPS) is 15.3. The van der Waals surface area contributed by atoms with Gasteiger partial charge in [-0.25, -0.2) is 14.4 Å².